The molecular formula is C24H33N3O5. The second kappa shape index (κ2) is 10.6. The van der Waals surface area contributed by atoms with E-state index >= 15 is 0 Å². The number of likely N-dealkylation sites (tertiary alicyclic amines) is 1. The SMILES string of the molecule is CCOC(=O)C1=C(CN2CCC(C(=O)OCC)CC2)N(C)C(=O)NC1c1cccc(C)c1. The van der Waals surface area contributed by atoms with Crippen molar-refractivity contribution >= 4 is 18.0 Å². The lowest BCUT2D eigenvalue weighted by atomic mass is 9.92. The molecule has 1 aromatic rings. The number of carbonyl (C=O) groups excluding carboxylic acids is 3. The Morgan fingerprint density at radius 3 is 2.44 bits per heavy atom. The maximum absolute atomic E-state index is 13.0. The number of esters is 2. The molecule has 8 heteroatoms. The minimum absolute atomic E-state index is 0.0999. The van der Waals surface area contributed by atoms with Crippen molar-refractivity contribution in [3.63, 3.8) is 0 Å². The van der Waals surface area contributed by atoms with Gasteiger partial charge in [0.25, 0.3) is 0 Å². The highest BCUT2D eigenvalue weighted by Crippen LogP contribution is 2.32. The largest absolute Gasteiger partial charge is 0.466 e. The fraction of sp³-hybridized carbons (Fsp3) is 0.542. The Kier molecular flexibility index (Phi) is 7.90. The van der Waals surface area contributed by atoms with Gasteiger partial charge in [-0.05, 0) is 52.3 Å². The van der Waals surface area contributed by atoms with Gasteiger partial charge in [0, 0.05) is 19.3 Å². The summed E-state index contributed by atoms with van der Waals surface area (Å²) in [4.78, 5) is 41.6. The van der Waals surface area contributed by atoms with Crippen LogP contribution in [0.2, 0.25) is 0 Å². The van der Waals surface area contributed by atoms with Crippen molar-refractivity contribution in [2.75, 3.05) is 39.9 Å². The van der Waals surface area contributed by atoms with Crippen molar-refractivity contribution in [1.29, 1.82) is 0 Å². The molecule has 1 atom stereocenters. The number of benzene rings is 1. The Hall–Kier alpha value is -2.87. The molecule has 1 unspecified atom stereocenters. The Labute approximate surface area is 189 Å². The van der Waals surface area contributed by atoms with Crippen LogP contribution in [0.15, 0.2) is 35.5 Å². The molecule has 0 bridgehead atoms. The number of likely N-dealkylation sites (N-methyl/N-ethyl adjacent to an activating group) is 1. The molecular weight excluding hydrogens is 410 g/mol. The number of ether oxygens (including phenoxy) is 2. The highest BCUT2D eigenvalue weighted by atomic mass is 16.5. The van der Waals surface area contributed by atoms with Crippen molar-refractivity contribution < 1.29 is 23.9 Å². The fourth-order valence-electron chi connectivity index (χ4n) is 4.30. The van der Waals surface area contributed by atoms with E-state index < -0.39 is 12.0 Å². The molecule has 1 fully saturated rings. The first-order valence-corrected chi connectivity index (χ1v) is 11.3. The van der Waals surface area contributed by atoms with Crippen LogP contribution in [-0.4, -0.2) is 67.7 Å². The lowest BCUT2D eigenvalue weighted by molar-refractivity contribution is -0.149. The van der Waals surface area contributed by atoms with Crippen molar-refractivity contribution in [3.05, 3.63) is 46.7 Å². The van der Waals surface area contributed by atoms with Crippen molar-refractivity contribution in [1.82, 2.24) is 15.1 Å². The molecule has 2 heterocycles. The number of hydrogen-bond acceptors (Lipinski definition) is 6. The average molecular weight is 444 g/mol. The zero-order valence-corrected chi connectivity index (χ0v) is 19.3. The number of rotatable bonds is 7. The van der Waals surface area contributed by atoms with Crippen LogP contribution in [0.1, 0.15) is 43.9 Å². The molecule has 32 heavy (non-hydrogen) atoms. The first kappa shape index (κ1) is 23.8. The van der Waals surface area contributed by atoms with Gasteiger partial charge in [-0.1, -0.05) is 29.8 Å². The zero-order valence-electron chi connectivity index (χ0n) is 19.3. The van der Waals surface area contributed by atoms with E-state index in [0.29, 0.717) is 50.4 Å². The summed E-state index contributed by atoms with van der Waals surface area (Å²) in [7, 11) is 1.67. The Balaban J connectivity index is 1.89. The van der Waals surface area contributed by atoms with Crippen LogP contribution in [0.4, 0.5) is 4.79 Å². The normalized spacial score (nSPS) is 20.2. The Bertz CT molecular complexity index is 889. The minimum Gasteiger partial charge on any atom is -0.466 e. The molecule has 1 saturated heterocycles. The van der Waals surface area contributed by atoms with Gasteiger partial charge in [-0.3, -0.25) is 14.6 Å². The summed E-state index contributed by atoms with van der Waals surface area (Å²) >= 11 is 0. The van der Waals surface area contributed by atoms with Crippen LogP contribution < -0.4 is 5.32 Å². The summed E-state index contributed by atoms with van der Waals surface area (Å²) in [5.41, 5.74) is 2.97. The number of nitrogens with one attached hydrogen (secondary N) is 1. The molecule has 1 aromatic carbocycles. The lowest BCUT2D eigenvalue weighted by Gasteiger charge is -2.38. The van der Waals surface area contributed by atoms with Gasteiger partial charge in [0.05, 0.1) is 30.7 Å². The summed E-state index contributed by atoms with van der Waals surface area (Å²) in [5.74, 6) is -0.674. The van der Waals surface area contributed by atoms with Crippen LogP contribution in [0.25, 0.3) is 0 Å². The smallest absolute Gasteiger partial charge is 0.338 e. The van der Waals surface area contributed by atoms with Gasteiger partial charge in [0.1, 0.15) is 0 Å². The first-order valence-electron chi connectivity index (χ1n) is 11.3. The third kappa shape index (κ3) is 5.30. The molecule has 0 aromatic heterocycles. The van der Waals surface area contributed by atoms with Gasteiger partial charge in [-0.25, -0.2) is 9.59 Å². The number of aryl methyl sites for hydroxylation is 1. The maximum Gasteiger partial charge on any atom is 0.338 e. The lowest BCUT2D eigenvalue weighted by Crippen LogP contribution is -2.50. The number of urea groups is 1. The number of carbonyl (C=O) groups is 3. The molecule has 0 aliphatic carbocycles. The fourth-order valence-corrected chi connectivity index (χ4v) is 4.30. The highest BCUT2D eigenvalue weighted by Gasteiger charge is 2.38. The van der Waals surface area contributed by atoms with Gasteiger partial charge >= 0.3 is 18.0 Å². The van der Waals surface area contributed by atoms with Crippen LogP contribution in [0.3, 0.4) is 0 Å². The number of nitrogens with zero attached hydrogens (tertiary/aromatic N) is 2. The summed E-state index contributed by atoms with van der Waals surface area (Å²) in [6.45, 7) is 7.99. The van der Waals surface area contributed by atoms with Gasteiger partial charge < -0.3 is 14.8 Å². The number of hydrogen-bond donors (Lipinski definition) is 1. The average Bonchev–Trinajstić information content (AvgIpc) is 2.77. The molecule has 3 rings (SSSR count). The summed E-state index contributed by atoms with van der Waals surface area (Å²) < 4.78 is 10.5. The summed E-state index contributed by atoms with van der Waals surface area (Å²) in [6.07, 6.45) is 1.39. The summed E-state index contributed by atoms with van der Waals surface area (Å²) in [6, 6.07) is 6.93. The minimum atomic E-state index is -0.579. The van der Waals surface area contributed by atoms with Crippen LogP contribution in [-0.2, 0) is 19.1 Å². The Morgan fingerprint density at radius 2 is 1.81 bits per heavy atom. The molecule has 0 saturated carbocycles. The van der Waals surface area contributed by atoms with E-state index in [1.165, 1.54) is 4.90 Å². The number of amides is 2. The standard InChI is InChI=1S/C24H33N3O5/c1-5-31-22(28)17-10-12-27(13-11-17)15-19-20(23(29)32-6-2)21(25-24(30)26(19)4)18-9-7-8-16(3)14-18/h7-9,14,17,21H,5-6,10-13,15H2,1-4H3,(H,25,30). The highest BCUT2D eigenvalue weighted by molar-refractivity contribution is 5.95. The van der Waals surface area contributed by atoms with E-state index in [9.17, 15) is 14.4 Å². The van der Waals surface area contributed by atoms with Crippen LogP contribution in [0.5, 0.6) is 0 Å². The third-order valence-corrected chi connectivity index (χ3v) is 6.03. The van der Waals surface area contributed by atoms with Crippen molar-refractivity contribution in [2.24, 2.45) is 5.92 Å². The third-order valence-electron chi connectivity index (χ3n) is 6.03. The molecule has 2 aliphatic heterocycles. The predicted molar refractivity (Wildman–Crippen MR) is 120 cm³/mol. The second-order valence-electron chi connectivity index (χ2n) is 8.24. The molecule has 1 N–H and O–H groups in total. The second-order valence-corrected chi connectivity index (χ2v) is 8.24. The van der Waals surface area contributed by atoms with Gasteiger partial charge in [-0.15, -0.1) is 0 Å². The van der Waals surface area contributed by atoms with E-state index in [-0.39, 0.29) is 24.5 Å². The summed E-state index contributed by atoms with van der Waals surface area (Å²) in [5, 5.41) is 2.95. The number of piperidine rings is 1. The molecule has 174 valence electrons. The Morgan fingerprint density at radius 1 is 1.12 bits per heavy atom. The van der Waals surface area contributed by atoms with Gasteiger partial charge in [0.2, 0.25) is 0 Å². The topological polar surface area (TPSA) is 88.2 Å². The van der Waals surface area contributed by atoms with E-state index in [0.717, 1.165) is 11.1 Å². The quantitative estimate of drug-likeness (QED) is 0.652. The van der Waals surface area contributed by atoms with Crippen LogP contribution >= 0.6 is 0 Å². The van der Waals surface area contributed by atoms with Crippen LogP contribution in [0, 0.1) is 12.8 Å². The predicted octanol–water partition coefficient (Wildman–Crippen LogP) is 2.78. The molecule has 2 amide bonds. The van der Waals surface area contributed by atoms with E-state index in [4.69, 9.17) is 9.47 Å². The maximum atomic E-state index is 13.0. The zero-order chi connectivity index (χ0) is 23.3. The van der Waals surface area contributed by atoms with Crippen molar-refractivity contribution in [2.45, 2.75) is 39.7 Å². The monoisotopic (exact) mass is 443 g/mol. The van der Waals surface area contributed by atoms with Crippen molar-refractivity contribution in [3.8, 4) is 0 Å². The van der Waals surface area contributed by atoms with E-state index in [2.05, 4.69) is 10.2 Å². The molecule has 0 radical (unpaired) electrons. The molecule has 8 nitrogen and oxygen atoms in total. The first-order chi connectivity index (χ1) is 15.3. The molecule has 0 spiro atoms. The van der Waals surface area contributed by atoms with E-state index in [1.54, 1.807) is 14.0 Å². The molecule has 2 aliphatic rings. The van der Waals surface area contributed by atoms with E-state index in [1.807, 2.05) is 38.1 Å². The van der Waals surface area contributed by atoms with Gasteiger partial charge in [-0.2, -0.15) is 0 Å². The van der Waals surface area contributed by atoms with Gasteiger partial charge in [0.15, 0.2) is 0 Å².